The molecule has 0 bridgehead atoms. The summed E-state index contributed by atoms with van der Waals surface area (Å²) in [6.45, 7) is 13.0. The molecule has 7 nitrogen and oxygen atoms in total. The molecule has 1 aromatic heterocycles. The summed E-state index contributed by atoms with van der Waals surface area (Å²) in [5.74, 6) is 0.821. The van der Waals surface area contributed by atoms with Gasteiger partial charge < -0.3 is 20.1 Å². The highest BCUT2D eigenvalue weighted by atomic mass is 35.5. The van der Waals surface area contributed by atoms with Gasteiger partial charge in [-0.3, -0.25) is 9.79 Å². The Labute approximate surface area is 190 Å². The van der Waals surface area contributed by atoms with Gasteiger partial charge in [0.25, 0.3) is 0 Å². The van der Waals surface area contributed by atoms with Crippen molar-refractivity contribution in [2.75, 3.05) is 39.8 Å². The molecule has 0 saturated carbocycles. The highest BCUT2D eigenvalue weighted by Crippen LogP contribution is 2.41. The van der Waals surface area contributed by atoms with Crippen LogP contribution in [0.2, 0.25) is 0 Å². The second-order valence-corrected chi connectivity index (χ2v) is 10.7. The largest absolute Gasteiger partial charge is 0.397 e. The Morgan fingerprint density at radius 1 is 1.35 bits per heavy atom. The van der Waals surface area contributed by atoms with Gasteiger partial charge >= 0.3 is 0 Å². The fraction of sp³-hybridized carbons (Fsp3) is 0.696. The number of rotatable bonds is 6. The van der Waals surface area contributed by atoms with Gasteiger partial charge in [-0.15, -0.1) is 0 Å². The van der Waals surface area contributed by atoms with Crippen LogP contribution in [0.3, 0.4) is 0 Å². The number of carbonyl (C=O) groups excluding carboxylic acids is 1. The minimum Gasteiger partial charge on any atom is -0.397 e. The van der Waals surface area contributed by atoms with Crippen molar-refractivity contribution in [1.82, 2.24) is 15.0 Å². The molecule has 1 spiro atoms. The van der Waals surface area contributed by atoms with E-state index < -0.39 is 0 Å². The lowest BCUT2D eigenvalue weighted by molar-refractivity contribution is -0.127. The van der Waals surface area contributed by atoms with Gasteiger partial charge in [-0.05, 0) is 56.7 Å². The van der Waals surface area contributed by atoms with Crippen LogP contribution in [-0.2, 0) is 4.79 Å². The standard InChI is InChI=1S/C23H36ClN5O2/c1-16-12-18(27-31-16)20(25)17(21(24)26-5)14-29-15-23(13-19(29)30)7-10-28(11-8-23)9-6-22(2,3)4/h12H,6-11,13-15,25H2,1-5H3/b20-17-,26-21?. The average molecular weight is 450 g/mol. The zero-order valence-corrected chi connectivity index (χ0v) is 20.3. The number of hydrogen-bond acceptors (Lipinski definition) is 6. The monoisotopic (exact) mass is 449 g/mol. The van der Waals surface area contributed by atoms with Gasteiger partial charge in [-0.2, -0.15) is 0 Å². The SMILES string of the molecule is CN=C(Cl)/C(CN1CC2(CCN(CCC(C)(C)C)CC2)CC1=O)=C(\N)c1cc(C)on1. The number of aliphatic imine (C=N–C) groups is 1. The third kappa shape index (κ3) is 5.89. The lowest BCUT2D eigenvalue weighted by atomic mass is 9.77. The summed E-state index contributed by atoms with van der Waals surface area (Å²) in [5, 5.41) is 4.29. The molecule has 0 aliphatic carbocycles. The molecule has 1 amide bonds. The number of aromatic nitrogens is 1. The maximum absolute atomic E-state index is 12.9. The third-order valence-corrected chi connectivity index (χ3v) is 6.92. The Kier molecular flexibility index (Phi) is 7.16. The summed E-state index contributed by atoms with van der Waals surface area (Å²) in [6, 6.07) is 1.76. The molecule has 2 aliphatic rings. The lowest BCUT2D eigenvalue weighted by Gasteiger charge is -2.39. The van der Waals surface area contributed by atoms with Gasteiger partial charge in [0, 0.05) is 31.7 Å². The number of hydrogen-bond donors (Lipinski definition) is 1. The average Bonchev–Trinajstić information content (AvgIpc) is 3.27. The van der Waals surface area contributed by atoms with Crippen molar-refractivity contribution in [2.45, 2.75) is 53.4 Å². The van der Waals surface area contributed by atoms with Crippen molar-refractivity contribution in [3.63, 3.8) is 0 Å². The van der Waals surface area contributed by atoms with E-state index in [4.69, 9.17) is 21.9 Å². The molecule has 3 rings (SSSR count). The number of nitrogens with zero attached hydrogens (tertiary/aromatic N) is 4. The van der Waals surface area contributed by atoms with Crippen LogP contribution in [0.5, 0.6) is 0 Å². The van der Waals surface area contributed by atoms with Crippen molar-refractivity contribution < 1.29 is 9.32 Å². The van der Waals surface area contributed by atoms with Gasteiger partial charge in [-0.1, -0.05) is 37.5 Å². The summed E-state index contributed by atoms with van der Waals surface area (Å²) in [7, 11) is 1.62. The van der Waals surface area contributed by atoms with Crippen molar-refractivity contribution >= 4 is 28.4 Å². The summed E-state index contributed by atoms with van der Waals surface area (Å²) in [5.41, 5.74) is 8.29. The van der Waals surface area contributed by atoms with Crippen molar-refractivity contribution in [3.8, 4) is 0 Å². The third-order valence-electron chi connectivity index (χ3n) is 6.52. The van der Waals surface area contributed by atoms with E-state index in [0.717, 1.165) is 39.0 Å². The molecule has 1 aromatic rings. The minimum absolute atomic E-state index is 0.0511. The second kappa shape index (κ2) is 9.33. The molecule has 3 heterocycles. The van der Waals surface area contributed by atoms with E-state index >= 15 is 0 Å². The Morgan fingerprint density at radius 3 is 2.58 bits per heavy atom. The highest BCUT2D eigenvalue weighted by molar-refractivity contribution is 6.70. The molecule has 0 aromatic carbocycles. The molecule has 0 unspecified atom stereocenters. The fourth-order valence-corrected chi connectivity index (χ4v) is 4.60. The number of piperidine rings is 1. The summed E-state index contributed by atoms with van der Waals surface area (Å²) in [6.07, 6.45) is 3.88. The van der Waals surface area contributed by atoms with Crippen LogP contribution in [0.4, 0.5) is 0 Å². The van der Waals surface area contributed by atoms with E-state index in [9.17, 15) is 4.79 Å². The Morgan fingerprint density at radius 2 is 2.03 bits per heavy atom. The first-order valence-corrected chi connectivity index (χ1v) is 11.4. The number of nitrogens with two attached hydrogens (primary N) is 1. The quantitative estimate of drug-likeness (QED) is 0.669. The van der Waals surface area contributed by atoms with E-state index in [2.05, 4.69) is 35.8 Å². The highest BCUT2D eigenvalue weighted by Gasteiger charge is 2.45. The molecule has 172 valence electrons. The molecule has 31 heavy (non-hydrogen) atoms. The lowest BCUT2D eigenvalue weighted by Crippen LogP contribution is -2.42. The first-order chi connectivity index (χ1) is 14.5. The van der Waals surface area contributed by atoms with E-state index in [1.165, 1.54) is 6.42 Å². The fourth-order valence-electron chi connectivity index (χ4n) is 4.44. The number of likely N-dealkylation sites (tertiary alicyclic amines) is 2. The maximum Gasteiger partial charge on any atom is 0.223 e. The number of carbonyl (C=O) groups is 1. The van der Waals surface area contributed by atoms with Crippen LogP contribution < -0.4 is 5.73 Å². The van der Waals surface area contributed by atoms with Gasteiger partial charge in [0.1, 0.15) is 16.6 Å². The molecular formula is C23H36ClN5O2. The van der Waals surface area contributed by atoms with Crippen molar-refractivity contribution in [2.24, 2.45) is 21.6 Å². The Hall–Kier alpha value is -1.86. The van der Waals surface area contributed by atoms with Crippen LogP contribution in [0, 0.1) is 17.8 Å². The second-order valence-electron chi connectivity index (χ2n) is 10.3. The van der Waals surface area contributed by atoms with E-state index in [-0.39, 0.29) is 11.3 Å². The molecular weight excluding hydrogens is 414 g/mol. The summed E-state index contributed by atoms with van der Waals surface area (Å²) < 4.78 is 5.15. The Bertz CT molecular complexity index is 860. The number of aryl methyl sites for hydroxylation is 1. The molecule has 8 heteroatoms. The number of amides is 1. The van der Waals surface area contributed by atoms with E-state index in [1.54, 1.807) is 20.0 Å². The van der Waals surface area contributed by atoms with Crippen LogP contribution in [0.1, 0.15) is 57.9 Å². The smallest absolute Gasteiger partial charge is 0.223 e. The van der Waals surface area contributed by atoms with E-state index in [1.807, 2.05) is 4.90 Å². The van der Waals surface area contributed by atoms with Gasteiger partial charge in [0.15, 0.2) is 0 Å². The zero-order chi connectivity index (χ0) is 22.8. The predicted octanol–water partition coefficient (Wildman–Crippen LogP) is 3.67. The Balaban J connectivity index is 1.68. The first kappa shape index (κ1) is 23.8. The zero-order valence-electron chi connectivity index (χ0n) is 19.5. The summed E-state index contributed by atoms with van der Waals surface area (Å²) in [4.78, 5) is 21.5. The number of halogens is 1. The van der Waals surface area contributed by atoms with Crippen LogP contribution in [0.15, 0.2) is 21.2 Å². The van der Waals surface area contributed by atoms with Crippen LogP contribution >= 0.6 is 11.6 Å². The molecule has 2 fully saturated rings. The van der Waals surface area contributed by atoms with Crippen molar-refractivity contribution in [1.29, 1.82) is 0 Å². The van der Waals surface area contributed by atoms with Gasteiger partial charge in [0.05, 0.1) is 12.2 Å². The van der Waals surface area contributed by atoms with Crippen molar-refractivity contribution in [3.05, 3.63) is 23.1 Å². The molecule has 2 aliphatic heterocycles. The van der Waals surface area contributed by atoms with E-state index in [0.29, 0.717) is 46.3 Å². The van der Waals surface area contributed by atoms with Gasteiger partial charge in [0.2, 0.25) is 5.91 Å². The van der Waals surface area contributed by atoms with Crippen LogP contribution in [-0.4, -0.2) is 65.8 Å². The van der Waals surface area contributed by atoms with Crippen LogP contribution in [0.25, 0.3) is 5.70 Å². The van der Waals surface area contributed by atoms with Gasteiger partial charge in [-0.25, -0.2) is 0 Å². The maximum atomic E-state index is 12.9. The molecule has 2 saturated heterocycles. The molecule has 0 atom stereocenters. The summed E-state index contributed by atoms with van der Waals surface area (Å²) >= 11 is 6.39. The first-order valence-electron chi connectivity index (χ1n) is 11.1. The normalized spacial score (nSPS) is 21.2. The predicted molar refractivity (Wildman–Crippen MR) is 125 cm³/mol. The molecule has 0 radical (unpaired) electrons. The molecule has 2 N–H and O–H groups in total. The minimum atomic E-state index is 0.0511. The topological polar surface area (TPSA) is 88.0 Å².